The molecule has 0 fully saturated rings. The molecule has 0 radical (unpaired) electrons. The number of aryl methyl sites for hydroxylation is 2. The second-order valence-corrected chi connectivity index (χ2v) is 13.1. The van der Waals surface area contributed by atoms with Gasteiger partial charge in [0, 0.05) is 19.0 Å². The molecule has 236 valence electrons. The Morgan fingerprint density at radius 1 is 0.844 bits per heavy atom. The number of nitrogens with one attached hydrogen (secondary N) is 1. The van der Waals surface area contributed by atoms with Gasteiger partial charge in [-0.3, -0.25) is 13.9 Å². The lowest BCUT2D eigenvalue weighted by atomic mass is 10.0. The molecule has 0 aromatic heterocycles. The van der Waals surface area contributed by atoms with Gasteiger partial charge in [0.25, 0.3) is 10.0 Å². The summed E-state index contributed by atoms with van der Waals surface area (Å²) in [6.45, 7) is 6.91. The monoisotopic (exact) mass is 629 g/mol. The number of nitrogens with zero attached hydrogens (tertiary/aromatic N) is 2. The Morgan fingerprint density at radius 2 is 1.47 bits per heavy atom. The van der Waals surface area contributed by atoms with Gasteiger partial charge in [-0.15, -0.1) is 0 Å². The van der Waals surface area contributed by atoms with Gasteiger partial charge in [-0.25, -0.2) is 12.8 Å². The Kier molecular flexibility index (Phi) is 11.1. The molecule has 0 saturated carbocycles. The summed E-state index contributed by atoms with van der Waals surface area (Å²) in [6, 6.07) is 27.4. The maximum atomic E-state index is 14.5. The number of rotatable bonds is 13. The topological polar surface area (TPSA) is 86.8 Å². The van der Waals surface area contributed by atoms with E-state index in [2.05, 4.69) is 5.32 Å². The first-order valence-corrected chi connectivity index (χ1v) is 16.5. The fourth-order valence-corrected chi connectivity index (χ4v) is 6.49. The minimum Gasteiger partial charge on any atom is -0.352 e. The standard InChI is InChI=1S/C36H40FN3O4S/c1-5-28(4)38-36(42)34(23-29-12-8-6-9-13-29)39(24-30-18-20-31(37)21-19-30)35(41)25-40(33-22-26(2)16-17-27(33)3)45(43,44)32-14-10-7-11-15-32/h6-22,28,34H,5,23-25H2,1-4H3,(H,38,42)/t28-,34+/m0/s1. The van der Waals surface area contributed by atoms with Crippen LogP contribution in [0.1, 0.15) is 42.5 Å². The maximum absolute atomic E-state index is 14.5. The normalized spacial score (nSPS) is 12.6. The molecular weight excluding hydrogens is 589 g/mol. The second-order valence-electron chi connectivity index (χ2n) is 11.3. The number of carbonyl (C=O) groups excluding carboxylic acids is 2. The van der Waals surface area contributed by atoms with E-state index in [0.717, 1.165) is 15.4 Å². The van der Waals surface area contributed by atoms with E-state index in [1.807, 2.05) is 63.2 Å². The molecule has 9 heteroatoms. The van der Waals surface area contributed by atoms with Crippen LogP contribution in [0.25, 0.3) is 0 Å². The van der Waals surface area contributed by atoms with Crippen LogP contribution in [0.2, 0.25) is 0 Å². The van der Waals surface area contributed by atoms with Crippen molar-refractivity contribution in [1.29, 1.82) is 0 Å². The van der Waals surface area contributed by atoms with E-state index < -0.39 is 34.3 Å². The zero-order valence-electron chi connectivity index (χ0n) is 26.1. The summed E-state index contributed by atoms with van der Waals surface area (Å²) in [5, 5.41) is 3.01. The molecule has 2 atom stereocenters. The Morgan fingerprint density at radius 3 is 2.09 bits per heavy atom. The van der Waals surface area contributed by atoms with Crippen LogP contribution in [0, 0.1) is 19.7 Å². The van der Waals surface area contributed by atoms with Crippen molar-refractivity contribution < 1.29 is 22.4 Å². The molecule has 0 unspecified atom stereocenters. The van der Waals surface area contributed by atoms with Gasteiger partial charge in [-0.05, 0) is 79.8 Å². The third-order valence-corrected chi connectivity index (χ3v) is 9.56. The van der Waals surface area contributed by atoms with E-state index in [1.165, 1.54) is 29.2 Å². The van der Waals surface area contributed by atoms with Crippen molar-refractivity contribution in [1.82, 2.24) is 10.2 Å². The molecule has 1 N–H and O–H groups in total. The molecule has 4 aromatic carbocycles. The highest BCUT2D eigenvalue weighted by atomic mass is 32.2. The van der Waals surface area contributed by atoms with Crippen LogP contribution in [0.4, 0.5) is 10.1 Å². The van der Waals surface area contributed by atoms with Crippen molar-refractivity contribution in [3.05, 3.63) is 131 Å². The van der Waals surface area contributed by atoms with Crippen LogP contribution < -0.4 is 9.62 Å². The van der Waals surface area contributed by atoms with E-state index in [9.17, 15) is 22.4 Å². The van der Waals surface area contributed by atoms with Crippen LogP contribution in [0.15, 0.2) is 108 Å². The molecule has 0 saturated heterocycles. The average Bonchev–Trinajstić information content (AvgIpc) is 3.04. The first kappa shape index (κ1) is 33.4. The number of amides is 2. The molecule has 2 amide bonds. The summed E-state index contributed by atoms with van der Waals surface area (Å²) in [7, 11) is -4.19. The number of hydrogen-bond acceptors (Lipinski definition) is 4. The number of benzene rings is 4. The van der Waals surface area contributed by atoms with Gasteiger partial charge < -0.3 is 10.2 Å². The number of hydrogen-bond donors (Lipinski definition) is 1. The summed E-state index contributed by atoms with van der Waals surface area (Å²) in [5.74, 6) is -1.35. The third kappa shape index (κ3) is 8.57. The van der Waals surface area contributed by atoms with Crippen molar-refractivity contribution in [2.24, 2.45) is 0 Å². The van der Waals surface area contributed by atoms with Crippen LogP contribution in [0.3, 0.4) is 0 Å². The molecule has 0 aliphatic heterocycles. The minimum atomic E-state index is -4.19. The van der Waals surface area contributed by atoms with Gasteiger partial charge in [0.05, 0.1) is 10.6 Å². The number of halogens is 1. The molecule has 0 bridgehead atoms. The molecule has 0 aliphatic rings. The zero-order valence-corrected chi connectivity index (χ0v) is 26.9. The number of sulfonamides is 1. The molecule has 4 aromatic rings. The Labute approximate surface area is 265 Å². The van der Waals surface area contributed by atoms with E-state index in [4.69, 9.17) is 0 Å². The van der Waals surface area contributed by atoms with Gasteiger partial charge in [0.15, 0.2) is 0 Å². The van der Waals surface area contributed by atoms with Crippen LogP contribution in [0.5, 0.6) is 0 Å². The molecule has 0 spiro atoms. The molecular formula is C36H40FN3O4S. The Bertz CT molecular complexity index is 1700. The number of carbonyl (C=O) groups is 2. The van der Waals surface area contributed by atoms with E-state index in [1.54, 1.807) is 43.3 Å². The van der Waals surface area contributed by atoms with Crippen LogP contribution in [-0.4, -0.2) is 43.8 Å². The van der Waals surface area contributed by atoms with E-state index in [-0.39, 0.29) is 29.8 Å². The lowest BCUT2D eigenvalue weighted by Gasteiger charge is -2.34. The summed E-state index contributed by atoms with van der Waals surface area (Å²) >= 11 is 0. The summed E-state index contributed by atoms with van der Waals surface area (Å²) < 4.78 is 43.3. The predicted molar refractivity (Wildman–Crippen MR) is 176 cm³/mol. The van der Waals surface area contributed by atoms with Crippen molar-refractivity contribution in [2.75, 3.05) is 10.8 Å². The highest BCUT2D eigenvalue weighted by Crippen LogP contribution is 2.29. The highest BCUT2D eigenvalue weighted by molar-refractivity contribution is 7.92. The predicted octanol–water partition coefficient (Wildman–Crippen LogP) is 6.19. The lowest BCUT2D eigenvalue weighted by molar-refractivity contribution is -0.140. The molecule has 45 heavy (non-hydrogen) atoms. The van der Waals surface area contributed by atoms with Crippen LogP contribution in [-0.2, 0) is 32.6 Å². The molecule has 0 aliphatic carbocycles. The number of anilines is 1. The highest BCUT2D eigenvalue weighted by Gasteiger charge is 2.35. The Hall–Kier alpha value is -4.50. The fraction of sp³-hybridized carbons (Fsp3) is 0.278. The quantitative estimate of drug-likeness (QED) is 0.191. The first-order valence-electron chi connectivity index (χ1n) is 15.0. The van der Waals surface area contributed by atoms with Crippen LogP contribution >= 0.6 is 0 Å². The molecule has 0 heterocycles. The van der Waals surface area contributed by atoms with E-state index >= 15 is 0 Å². The SMILES string of the molecule is CC[C@H](C)NC(=O)[C@@H](Cc1ccccc1)N(Cc1ccc(F)cc1)C(=O)CN(c1cc(C)ccc1C)S(=O)(=O)c1ccccc1. The average molecular weight is 630 g/mol. The second kappa shape index (κ2) is 15.0. The van der Waals surface area contributed by atoms with E-state index in [0.29, 0.717) is 23.2 Å². The molecule has 7 nitrogen and oxygen atoms in total. The largest absolute Gasteiger partial charge is 0.352 e. The van der Waals surface area contributed by atoms with Gasteiger partial charge >= 0.3 is 0 Å². The maximum Gasteiger partial charge on any atom is 0.264 e. The first-order chi connectivity index (χ1) is 21.5. The summed E-state index contributed by atoms with van der Waals surface area (Å²) in [5.41, 5.74) is 3.31. The summed E-state index contributed by atoms with van der Waals surface area (Å²) in [6.07, 6.45) is 0.885. The van der Waals surface area contributed by atoms with Gasteiger partial charge in [0.2, 0.25) is 11.8 Å². The minimum absolute atomic E-state index is 0.0312. The third-order valence-electron chi connectivity index (χ3n) is 7.78. The van der Waals surface area contributed by atoms with Crippen molar-refractivity contribution >= 4 is 27.5 Å². The van der Waals surface area contributed by atoms with Crippen molar-refractivity contribution in [3.8, 4) is 0 Å². The smallest absolute Gasteiger partial charge is 0.264 e. The fourth-order valence-electron chi connectivity index (χ4n) is 5.00. The lowest BCUT2D eigenvalue weighted by Crippen LogP contribution is -2.54. The summed E-state index contributed by atoms with van der Waals surface area (Å²) in [4.78, 5) is 29.9. The Balaban J connectivity index is 1.83. The van der Waals surface area contributed by atoms with Crippen molar-refractivity contribution in [2.45, 2.75) is 64.1 Å². The molecule has 4 rings (SSSR count). The van der Waals surface area contributed by atoms with Gasteiger partial charge in [-0.1, -0.05) is 79.7 Å². The van der Waals surface area contributed by atoms with Crippen molar-refractivity contribution in [3.63, 3.8) is 0 Å². The van der Waals surface area contributed by atoms with Gasteiger partial charge in [0.1, 0.15) is 18.4 Å². The van der Waals surface area contributed by atoms with Gasteiger partial charge in [-0.2, -0.15) is 0 Å². The zero-order chi connectivity index (χ0) is 32.6.